The van der Waals surface area contributed by atoms with Gasteiger partial charge in [-0.1, -0.05) is 38.0 Å². The van der Waals surface area contributed by atoms with Crippen LogP contribution in [0.15, 0.2) is 65.4 Å². The number of carbonyl (C=O) groups is 4. The number of allylic oxidation sites excluding steroid dienone is 1. The van der Waals surface area contributed by atoms with Crippen molar-refractivity contribution in [3.63, 3.8) is 0 Å². The van der Waals surface area contributed by atoms with Crippen molar-refractivity contribution in [2.45, 2.75) is 139 Å². The second-order valence-corrected chi connectivity index (χ2v) is 21.8. The van der Waals surface area contributed by atoms with Crippen molar-refractivity contribution >= 4 is 44.7 Å². The number of rotatable bonds is 17. The number of carbonyl (C=O) groups excluding carboxylic acids is 4. The van der Waals surface area contributed by atoms with Crippen LogP contribution >= 0.6 is 0 Å². The maximum atomic E-state index is 15.0. The van der Waals surface area contributed by atoms with E-state index in [1.807, 2.05) is 6.08 Å². The molecule has 3 N–H and O–H groups in total. The average Bonchev–Trinajstić information content (AvgIpc) is 4.22. The highest BCUT2D eigenvalue weighted by molar-refractivity contribution is 7.91. The van der Waals surface area contributed by atoms with Gasteiger partial charge >= 0.3 is 12.3 Å². The molecular weight excluding hydrogens is 912 g/mol. The van der Waals surface area contributed by atoms with Gasteiger partial charge in [-0.2, -0.15) is 18.2 Å². The highest BCUT2D eigenvalue weighted by Crippen LogP contribution is 2.76. The van der Waals surface area contributed by atoms with E-state index in [-0.39, 0.29) is 49.1 Å². The Balaban J connectivity index is 1.08. The highest BCUT2D eigenvalue weighted by Gasteiger charge is 2.85. The van der Waals surface area contributed by atoms with E-state index < -0.39 is 90.9 Å². The molecule has 4 unspecified atom stereocenters. The molecule has 366 valence electrons. The molecule has 4 amide bonds. The molecule has 4 atom stereocenters. The summed E-state index contributed by atoms with van der Waals surface area (Å²) in [6, 6.07) is 4.42. The maximum absolute atomic E-state index is 15.0. The lowest BCUT2D eigenvalue weighted by Crippen LogP contribution is -2.59. The number of ether oxygens (including phenoxy) is 3. The quantitative estimate of drug-likeness (QED) is 0.115. The number of alkyl halides is 3. The fraction of sp³-hybridized carbons (Fsp3) is 0.553. The summed E-state index contributed by atoms with van der Waals surface area (Å²) in [5.41, 5.74) is -6.33. The second kappa shape index (κ2) is 17.5. The maximum Gasteiger partial charge on any atom is 0.437 e. The Hall–Kier alpha value is -5.99. The van der Waals surface area contributed by atoms with Crippen molar-refractivity contribution in [2.75, 3.05) is 19.7 Å². The lowest BCUT2D eigenvalue weighted by Gasteiger charge is -2.37. The molecule has 1 aromatic carbocycles. The van der Waals surface area contributed by atoms with E-state index in [0.29, 0.717) is 48.9 Å². The Morgan fingerprint density at radius 3 is 2.49 bits per heavy atom. The largest absolute Gasteiger partial charge is 0.494 e. The molecule has 21 heteroatoms. The van der Waals surface area contributed by atoms with Gasteiger partial charge in [0.15, 0.2) is 17.0 Å². The van der Waals surface area contributed by atoms with Gasteiger partial charge in [0.05, 0.1) is 35.2 Å². The van der Waals surface area contributed by atoms with E-state index in [1.54, 1.807) is 49.8 Å². The minimum atomic E-state index is -4.98. The van der Waals surface area contributed by atoms with E-state index in [9.17, 15) is 45.6 Å². The molecule has 1 spiro atoms. The number of pyridine rings is 1. The molecule has 5 aliphatic rings. The van der Waals surface area contributed by atoms with Crippen LogP contribution in [0.1, 0.15) is 104 Å². The molecule has 3 fully saturated rings. The molecule has 0 radical (unpaired) electrons. The first kappa shape index (κ1) is 48.5. The summed E-state index contributed by atoms with van der Waals surface area (Å²) in [4.78, 5) is 76.0. The molecule has 3 aromatic rings. The first-order valence-electron chi connectivity index (χ1n) is 22.9. The zero-order chi connectivity index (χ0) is 49.1. The smallest absolute Gasteiger partial charge is 0.437 e. The first-order chi connectivity index (χ1) is 32.0. The van der Waals surface area contributed by atoms with E-state index in [4.69, 9.17) is 14.2 Å². The van der Waals surface area contributed by atoms with Gasteiger partial charge in [0.1, 0.15) is 29.5 Å². The molecule has 3 aliphatic carbocycles. The minimum Gasteiger partial charge on any atom is -0.494 e. The standard InChI is InChI=1S/C47H56F3N7O10S/c1-6-7-8-9-10-16-45-25-34(45)46(45,40(61)55-68(63,64)43(5)18-19-43)54-39(60)33-24-44(27-57(33)36(59)26-51-41(62)67-42(2,3)4)17-14-30-31-23-29(65-22-11-20-56-21-15-35(58)52-28-56)12-13-32(31)53-38(37(30)66-44)47(48,49)50/h10,12-13,15-16,21,23,25,28,33H,6-9,11,14,17-20,22,24,26-27H2,1-5H3,(H,51,62)(H,54,60)(H,55,61). The van der Waals surface area contributed by atoms with Gasteiger partial charge in [0.2, 0.25) is 21.8 Å². The van der Waals surface area contributed by atoms with Crippen molar-refractivity contribution in [3.05, 3.63) is 82.2 Å². The number of nitrogens with zero attached hydrogens (tertiary/aromatic N) is 4. The number of hydrogen-bond acceptors (Lipinski definition) is 12. The third-order valence-electron chi connectivity index (χ3n) is 13.3. The van der Waals surface area contributed by atoms with Gasteiger partial charge in [0.25, 0.3) is 11.5 Å². The number of alkyl carbamates (subject to hydrolysis) is 1. The number of amides is 4. The number of aryl methyl sites for hydroxylation is 2. The predicted molar refractivity (Wildman–Crippen MR) is 241 cm³/mol. The van der Waals surface area contributed by atoms with Gasteiger partial charge < -0.3 is 34.3 Å². The average molecular weight is 968 g/mol. The minimum absolute atomic E-state index is 0.00849. The van der Waals surface area contributed by atoms with Crippen molar-refractivity contribution in [2.24, 2.45) is 5.41 Å². The summed E-state index contributed by atoms with van der Waals surface area (Å²) in [5, 5.41) is 5.54. The number of benzene rings is 1. The number of unbranched alkanes of at least 4 members (excludes halogenated alkanes) is 3. The van der Waals surface area contributed by atoms with Crippen LogP contribution in [-0.4, -0.2) is 98.9 Å². The van der Waals surface area contributed by atoms with Gasteiger partial charge in [-0.3, -0.25) is 23.9 Å². The van der Waals surface area contributed by atoms with Crippen LogP contribution in [0.25, 0.3) is 10.9 Å². The van der Waals surface area contributed by atoms with Crippen LogP contribution < -0.4 is 30.4 Å². The zero-order valence-corrected chi connectivity index (χ0v) is 39.4. The Morgan fingerprint density at radius 2 is 1.82 bits per heavy atom. The van der Waals surface area contributed by atoms with Crippen molar-refractivity contribution in [3.8, 4) is 11.5 Å². The first-order valence-corrected chi connectivity index (χ1v) is 24.4. The highest BCUT2D eigenvalue weighted by atomic mass is 32.2. The van der Waals surface area contributed by atoms with E-state index in [0.717, 1.165) is 24.2 Å². The van der Waals surface area contributed by atoms with Crippen molar-refractivity contribution < 1.29 is 55.0 Å². The Kier molecular flexibility index (Phi) is 12.5. The molecular formula is C47H56F3N7O10S. The van der Waals surface area contributed by atoms with Crippen LogP contribution in [0.5, 0.6) is 11.5 Å². The van der Waals surface area contributed by atoms with Gasteiger partial charge in [0, 0.05) is 36.2 Å². The molecule has 68 heavy (non-hydrogen) atoms. The van der Waals surface area contributed by atoms with Gasteiger partial charge in [-0.25, -0.2) is 18.2 Å². The molecule has 2 aliphatic heterocycles. The van der Waals surface area contributed by atoms with Crippen LogP contribution in [-0.2, 0) is 48.3 Å². The van der Waals surface area contributed by atoms with E-state index in [2.05, 4.69) is 32.2 Å². The van der Waals surface area contributed by atoms with Crippen LogP contribution in [0.2, 0.25) is 0 Å². The molecule has 0 bridgehead atoms. The van der Waals surface area contributed by atoms with Crippen LogP contribution in [0, 0.1) is 5.41 Å². The summed E-state index contributed by atoms with van der Waals surface area (Å²) in [6.07, 6.45) is 6.92. The predicted octanol–water partition coefficient (Wildman–Crippen LogP) is 5.40. The Morgan fingerprint density at radius 1 is 1.06 bits per heavy atom. The molecule has 1 saturated heterocycles. The summed E-state index contributed by atoms with van der Waals surface area (Å²) in [6.45, 7) is 8.14. The second-order valence-electron chi connectivity index (χ2n) is 19.6. The normalized spacial score (nSPS) is 24.4. The molecule has 4 heterocycles. The number of halogens is 3. The van der Waals surface area contributed by atoms with Gasteiger partial charge in [-0.15, -0.1) is 0 Å². The topological polar surface area (TPSA) is 217 Å². The summed E-state index contributed by atoms with van der Waals surface area (Å²) in [5.74, 6) is -2.81. The number of sulfonamides is 1. The SMILES string of the molecule is CCCCCC=CC12C=C1C2(NC(=O)C1CC2(CCc3c(c(C(F)(F)F)nc4ccc(OCCCn5ccc(=O)nc5)cc34)O2)CN1C(=O)CNC(=O)OC(C)(C)C)C(=O)NS(=O)(=O)C1(C)CC1. The third kappa shape index (κ3) is 9.41. The third-order valence-corrected chi connectivity index (χ3v) is 15.5. The van der Waals surface area contributed by atoms with Crippen LogP contribution in [0.4, 0.5) is 18.0 Å². The summed E-state index contributed by atoms with van der Waals surface area (Å²) in [7, 11) is -4.16. The van der Waals surface area contributed by atoms with Gasteiger partial charge in [-0.05, 0) is 96.4 Å². The summed E-state index contributed by atoms with van der Waals surface area (Å²) < 4.78 is 92.1. The van der Waals surface area contributed by atoms with E-state index >= 15 is 0 Å². The molecule has 2 saturated carbocycles. The van der Waals surface area contributed by atoms with Crippen molar-refractivity contribution in [1.29, 1.82) is 0 Å². The lowest BCUT2D eigenvalue weighted by molar-refractivity contribution is -0.144. The zero-order valence-electron chi connectivity index (χ0n) is 38.6. The number of aromatic nitrogens is 3. The Labute approximate surface area is 391 Å². The fourth-order valence-corrected chi connectivity index (χ4v) is 10.5. The number of likely N-dealkylation sites (tertiary alicyclic amines) is 1. The molecule has 8 rings (SSSR count). The Bertz CT molecular complexity index is 2770. The van der Waals surface area contributed by atoms with Crippen molar-refractivity contribution in [1.82, 2.24) is 34.8 Å². The number of hydrogen-bond donors (Lipinski definition) is 3. The number of nitrogens with one attached hydrogen (secondary N) is 3. The summed E-state index contributed by atoms with van der Waals surface area (Å²) >= 11 is 0. The van der Waals surface area contributed by atoms with Crippen LogP contribution in [0.3, 0.4) is 0 Å². The molecule has 17 nitrogen and oxygen atoms in total. The fourth-order valence-electron chi connectivity index (χ4n) is 9.17. The number of fused-ring (bicyclic) bond motifs is 4. The molecule has 2 aromatic heterocycles. The lowest BCUT2D eigenvalue weighted by atomic mass is 9.87. The monoisotopic (exact) mass is 967 g/mol. The van der Waals surface area contributed by atoms with E-state index in [1.165, 1.54) is 31.5 Å².